The molecule has 14 heavy (non-hydrogen) atoms. The summed E-state index contributed by atoms with van der Waals surface area (Å²) in [6, 6.07) is 3.74. The highest BCUT2D eigenvalue weighted by Gasteiger charge is 2.08. The molecule has 2 aromatic rings. The lowest BCUT2D eigenvalue weighted by molar-refractivity contribution is 0.112. The Morgan fingerprint density at radius 2 is 2.21 bits per heavy atom. The molecule has 0 spiro atoms. The molecule has 0 unspecified atom stereocenters. The van der Waals surface area contributed by atoms with Gasteiger partial charge in [0.15, 0.2) is 6.29 Å². The Balaban J connectivity index is 2.82. The van der Waals surface area contributed by atoms with Crippen LogP contribution in [0.25, 0.3) is 10.1 Å². The number of alkyl halides is 1. The number of carbonyl (C=O) groups is 1. The lowest BCUT2D eigenvalue weighted by Gasteiger charge is -1.99. The number of hydrogen-bond donors (Lipinski definition) is 0. The maximum Gasteiger partial charge on any atom is 0.150 e. The van der Waals surface area contributed by atoms with Crippen LogP contribution in [0.3, 0.4) is 0 Å². The summed E-state index contributed by atoms with van der Waals surface area (Å²) in [6.07, 6.45) is 0.816. The molecule has 0 N–H and O–H groups in total. The Kier molecular flexibility index (Phi) is 2.77. The molecular formula is C10H6Cl2OS. The normalized spacial score (nSPS) is 10.7. The zero-order chi connectivity index (χ0) is 10.1. The third-order valence-electron chi connectivity index (χ3n) is 2.00. The number of benzene rings is 1. The average Bonchev–Trinajstić information content (AvgIpc) is 2.59. The Bertz CT molecular complexity index is 490. The van der Waals surface area contributed by atoms with E-state index >= 15 is 0 Å². The first-order valence-corrected chi connectivity index (χ1v) is 5.76. The molecule has 0 aliphatic carbocycles. The molecule has 0 radical (unpaired) electrons. The first kappa shape index (κ1) is 9.97. The molecule has 1 aromatic carbocycles. The van der Waals surface area contributed by atoms with E-state index in [1.807, 2.05) is 11.4 Å². The molecule has 1 aromatic heterocycles. The van der Waals surface area contributed by atoms with Gasteiger partial charge in [0.25, 0.3) is 0 Å². The smallest absolute Gasteiger partial charge is 0.150 e. The number of halogens is 2. The molecule has 0 atom stereocenters. The monoisotopic (exact) mass is 244 g/mol. The minimum Gasteiger partial charge on any atom is -0.298 e. The zero-order valence-electron chi connectivity index (χ0n) is 7.09. The maximum atomic E-state index is 10.8. The summed E-state index contributed by atoms with van der Waals surface area (Å²) in [7, 11) is 0. The van der Waals surface area contributed by atoms with Crippen LogP contribution in [0, 0.1) is 0 Å². The molecule has 0 fully saturated rings. The molecule has 0 aliphatic rings. The predicted octanol–water partition coefficient (Wildman–Crippen LogP) is 4.11. The van der Waals surface area contributed by atoms with Crippen molar-refractivity contribution in [3.63, 3.8) is 0 Å². The Morgan fingerprint density at radius 3 is 2.86 bits per heavy atom. The first-order valence-electron chi connectivity index (χ1n) is 3.97. The summed E-state index contributed by atoms with van der Waals surface area (Å²) in [4.78, 5) is 10.8. The van der Waals surface area contributed by atoms with E-state index in [0.717, 1.165) is 21.9 Å². The lowest BCUT2D eigenvalue weighted by atomic mass is 10.1. The number of aldehydes is 1. The van der Waals surface area contributed by atoms with Gasteiger partial charge in [0.2, 0.25) is 0 Å². The van der Waals surface area contributed by atoms with Crippen molar-refractivity contribution < 1.29 is 4.79 Å². The Morgan fingerprint density at radius 1 is 1.43 bits per heavy atom. The van der Waals surface area contributed by atoms with Crippen LogP contribution in [-0.2, 0) is 5.88 Å². The van der Waals surface area contributed by atoms with E-state index in [0.29, 0.717) is 16.5 Å². The van der Waals surface area contributed by atoms with Gasteiger partial charge in [-0.2, -0.15) is 0 Å². The highest BCUT2D eigenvalue weighted by molar-refractivity contribution is 7.18. The summed E-state index contributed by atoms with van der Waals surface area (Å²) in [5.74, 6) is 0.409. The van der Waals surface area contributed by atoms with Gasteiger partial charge in [-0.05, 0) is 17.7 Å². The Hall–Kier alpha value is -0.570. The molecule has 0 amide bonds. The van der Waals surface area contributed by atoms with Gasteiger partial charge in [-0.15, -0.1) is 22.9 Å². The standard InChI is InChI=1S/C10H6Cl2OS/c11-3-6-1-7(4-13)10-8(12)5-14-9(10)2-6/h1-2,4-5H,3H2. The molecule has 0 aliphatic heterocycles. The fourth-order valence-electron chi connectivity index (χ4n) is 1.39. The number of thiophene rings is 1. The average molecular weight is 245 g/mol. The number of carbonyl (C=O) groups excluding carboxylic acids is 1. The number of hydrogen-bond acceptors (Lipinski definition) is 2. The summed E-state index contributed by atoms with van der Waals surface area (Å²) >= 11 is 13.2. The van der Waals surface area contributed by atoms with E-state index in [2.05, 4.69) is 0 Å². The summed E-state index contributed by atoms with van der Waals surface area (Å²) in [6.45, 7) is 0. The minimum absolute atomic E-state index is 0.409. The molecule has 1 heterocycles. The van der Waals surface area contributed by atoms with E-state index < -0.39 is 0 Å². The third-order valence-corrected chi connectivity index (χ3v) is 3.67. The zero-order valence-corrected chi connectivity index (χ0v) is 9.42. The molecule has 4 heteroatoms. The summed E-state index contributed by atoms with van der Waals surface area (Å²) in [5.41, 5.74) is 1.56. The van der Waals surface area contributed by atoms with Crippen molar-refractivity contribution in [1.82, 2.24) is 0 Å². The van der Waals surface area contributed by atoms with Gasteiger partial charge in [-0.1, -0.05) is 11.6 Å². The van der Waals surface area contributed by atoms with E-state index in [9.17, 15) is 4.79 Å². The second-order valence-corrected chi connectivity index (χ2v) is 4.48. The molecule has 0 saturated carbocycles. The van der Waals surface area contributed by atoms with Gasteiger partial charge in [-0.3, -0.25) is 4.79 Å². The predicted molar refractivity (Wildman–Crippen MR) is 61.8 cm³/mol. The van der Waals surface area contributed by atoms with Crippen LogP contribution in [0.15, 0.2) is 17.5 Å². The molecule has 72 valence electrons. The van der Waals surface area contributed by atoms with E-state index in [1.54, 1.807) is 6.07 Å². The van der Waals surface area contributed by atoms with Crippen molar-refractivity contribution in [3.05, 3.63) is 33.7 Å². The Labute approximate surface area is 95.3 Å². The van der Waals surface area contributed by atoms with Gasteiger partial charge in [0.1, 0.15) is 0 Å². The van der Waals surface area contributed by atoms with Crippen LogP contribution >= 0.6 is 34.5 Å². The second-order valence-electron chi connectivity index (χ2n) is 2.89. The second kappa shape index (κ2) is 3.89. The third kappa shape index (κ3) is 1.54. The summed E-state index contributed by atoms with van der Waals surface area (Å²) < 4.78 is 1.01. The number of rotatable bonds is 2. The topological polar surface area (TPSA) is 17.1 Å². The fourth-order valence-corrected chi connectivity index (χ4v) is 2.86. The van der Waals surface area contributed by atoms with Gasteiger partial charge in [-0.25, -0.2) is 0 Å². The fraction of sp³-hybridized carbons (Fsp3) is 0.100. The van der Waals surface area contributed by atoms with Crippen molar-refractivity contribution in [2.75, 3.05) is 0 Å². The minimum atomic E-state index is 0.409. The molecule has 2 rings (SSSR count). The molecule has 0 saturated heterocycles. The van der Waals surface area contributed by atoms with Gasteiger partial charge in [0, 0.05) is 26.9 Å². The highest BCUT2D eigenvalue weighted by Crippen LogP contribution is 2.33. The highest BCUT2D eigenvalue weighted by atomic mass is 35.5. The van der Waals surface area contributed by atoms with Crippen LogP contribution in [0.1, 0.15) is 15.9 Å². The van der Waals surface area contributed by atoms with Crippen molar-refractivity contribution in [2.24, 2.45) is 0 Å². The SMILES string of the molecule is O=Cc1cc(CCl)cc2scc(Cl)c12. The van der Waals surface area contributed by atoms with Crippen molar-refractivity contribution in [1.29, 1.82) is 0 Å². The van der Waals surface area contributed by atoms with E-state index in [4.69, 9.17) is 23.2 Å². The lowest BCUT2D eigenvalue weighted by Crippen LogP contribution is -1.85. The first-order chi connectivity index (χ1) is 6.76. The van der Waals surface area contributed by atoms with Crippen LogP contribution in [0.5, 0.6) is 0 Å². The van der Waals surface area contributed by atoms with Gasteiger partial charge < -0.3 is 0 Å². The van der Waals surface area contributed by atoms with Crippen molar-refractivity contribution in [3.8, 4) is 0 Å². The summed E-state index contributed by atoms with van der Waals surface area (Å²) in [5, 5.41) is 3.30. The van der Waals surface area contributed by atoms with Crippen LogP contribution in [-0.4, -0.2) is 6.29 Å². The molecule has 0 bridgehead atoms. The largest absolute Gasteiger partial charge is 0.298 e. The van der Waals surface area contributed by atoms with E-state index in [1.165, 1.54) is 11.3 Å². The van der Waals surface area contributed by atoms with Crippen LogP contribution in [0.4, 0.5) is 0 Å². The van der Waals surface area contributed by atoms with Crippen LogP contribution < -0.4 is 0 Å². The maximum absolute atomic E-state index is 10.8. The van der Waals surface area contributed by atoms with Gasteiger partial charge >= 0.3 is 0 Å². The van der Waals surface area contributed by atoms with Crippen molar-refractivity contribution >= 4 is 50.9 Å². The molecular weight excluding hydrogens is 239 g/mol. The quantitative estimate of drug-likeness (QED) is 0.574. The van der Waals surface area contributed by atoms with E-state index in [-0.39, 0.29) is 0 Å². The molecule has 1 nitrogen and oxygen atoms in total. The number of fused-ring (bicyclic) bond motifs is 1. The van der Waals surface area contributed by atoms with Crippen LogP contribution in [0.2, 0.25) is 5.02 Å². The van der Waals surface area contributed by atoms with Gasteiger partial charge in [0.05, 0.1) is 5.02 Å². The van der Waals surface area contributed by atoms with Crippen molar-refractivity contribution in [2.45, 2.75) is 5.88 Å².